The maximum atomic E-state index is 12.7. The summed E-state index contributed by atoms with van der Waals surface area (Å²) in [7, 11) is 0. The van der Waals surface area contributed by atoms with E-state index in [1.54, 1.807) is 40.1 Å². The summed E-state index contributed by atoms with van der Waals surface area (Å²) in [5.41, 5.74) is 0.429. The van der Waals surface area contributed by atoms with E-state index in [0.717, 1.165) is 0 Å². The van der Waals surface area contributed by atoms with E-state index in [-0.39, 0.29) is 35.2 Å². The predicted molar refractivity (Wildman–Crippen MR) is 97.4 cm³/mol. The molecular weight excluding hydrogens is 348 g/mol. The van der Waals surface area contributed by atoms with Crippen LogP contribution in [-0.4, -0.2) is 64.7 Å². The van der Waals surface area contributed by atoms with Crippen LogP contribution >= 0.6 is 0 Å². The van der Waals surface area contributed by atoms with E-state index in [2.05, 4.69) is 10.3 Å². The van der Waals surface area contributed by atoms with E-state index in [1.165, 1.54) is 6.26 Å². The molecule has 0 radical (unpaired) electrons. The first-order chi connectivity index (χ1) is 13.0. The van der Waals surface area contributed by atoms with Crippen molar-refractivity contribution in [2.45, 2.75) is 19.9 Å². The fourth-order valence-electron chi connectivity index (χ4n) is 2.85. The molecule has 1 aliphatic rings. The van der Waals surface area contributed by atoms with Gasteiger partial charge in [0.05, 0.1) is 6.26 Å². The van der Waals surface area contributed by atoms with Gasteiger partial charge in [-0.1, -0.05) is 6.07 Å². The maximum absolute atomic E-state index is 12.7. The molecule has 0 atom stereocenters. The zero-order valence-electron chi connectivity index (χ0n) is 15.3. The molecule has 0 aliphatic carbocycles. The van der Waals surface area contributed by atoms with Gasteiger partial charge in [-0.05, 0) is 38.1 Å². The molecule has 0 aromatic carbocycles. The molecular formula is C19H22N4O4. The molecule has 1 fully saturated rings. The quantitative estimate of drug-likeness (QED) is 0.878. The fraction of sp³-hybridized carbons (Fsp3) is 0.368. The standard InChI is InChI=1S/C19H22N4O4/c1-13(2)20-17(24)14-5-3-6-15(21-14)18(25)22-8-10-23(11-9-22)19(26)16-7-4-12-27-16/h3-7,12-13H,8-11H2,1-2H3,(H,20,24). The molecule has 1 saturated heterocycles. The average molecular weight is 370 g/mol. The highest BCUT2D eigenvalue weighted by Gasteiger charge is 2.27. The van der Waals surface area contributed by atoms with Crippen molar-refractivity contribution in [3.05, 3.63) is 53.7 Å². The third-order valence-corrected chi connectivity index (χ3v) is 4.21. The molecule has 1 N–H and O–H groups in total. The number of hydrogen-bond acceptors (Lipinski definition) is 5. The average Bonchev–Trinajstić information content (AvgIpc) is 3.21. The van der Waals surface area contributed by atoms with Crippen molar-refractivity contribution < 1.29 is 18.8 Å². The predicted octanol–water partition coefficient (Wildman–Crippen LogP) is 1.41. The Balaban J connectivity index is 1.62. The van der Waals surface area contributed by atoms with Crippen LogP contribution in [0.2, 0.25) is 0 Å². The minimum atomic E-state index is -0.312. The van der Waals surface area contributed by atoms with E-state index in [4.69, 9.17) is 4.42 Å². The second kappa shape index (κ2) is 8.03. The SMILES string of the molecule is CC(C)NC(=O)c1cccc(C(=O)N2CCN(C(=O)c3ccco3)CC2)n1. The van der Waals surface area contributed by atoms with Gasteiger partial charge in [-0.2, -0.15) is 0 Å². The normalized spacial score (nSPS) is 14.3. The Morgan fingerprint density at radius 2 is 1.59 bits per heavy atom. The molecule has 27 heavy (non-hydrogen) atoms. The summed E-state index contributed by atoms with van der Waals surface area (Å²) in [5.74, 6) is -0.453. The van der Waals surface area contributed by atoms with Crippen LogP contribution < -0.4 is 5.32 Å². The van der Waals surface area contributed by atoms with Crippen LogP contribution in [0, 0.1) is 0 Å². The van der Waals surface area contributed by atoms with Crippen LogP contribution in [0.3, 0.4) is 0 Å². The lowest BCUT2D eigenvalue weighted by Gasteiger charge is -2.34. The zero-order valence-corrected chi connectivity index (χ0v) is 15.3. The molecule has 3 amide bonds. The number of nitrogens with one attached hydrogen (secondary N) is 1. The van der Waals surface area contributed by atoms with Crippen molar-refractivity contribution in [3.63, 3.8) is 0 Å². The molecule has 0 bridgehead atoms. The van der Waals surface area contributed by atoms with Gasteiger partial charge in [0.1, 0.15) is 11.4 Å². The lowest BCUT2D eigenvalue weighted by atomic mass is 10.2. The third kappa shape index (κ3) is 4.33. The second-order valence-electron chi connectivity index (χ2n) is 6.60. The van der Waals surface area contributed by atoms with Crippen LogP contribution in [0.5, 0.6) is 0 Å². The van der Waals surface area contributed by atoms with Gasteiger partial charge < -0.3 is 19.5 Å². The molecule has 0 spiro atoms. The largest absolute Gasteiger partial charge is 0.459 e. The number of carbonyl (C=O) groups is 3. The van der Waals surface area contributed by atoms with Gasteiger partial charge >= 0.3 is 0 Å². The van der Waals surface area contributed by atoms with Gasteiger partial charge in [0, 0.05) is 32.2 Å². The highest BCUT2D eigenvalue weighted by Crippen LogP contribution is 2.12. The van der Waals surface area contributed by atoms with Gasteiger partial charge in [-0.3, -0.25) is 14.4 Å². The number of pyridine rings is 1. The number of piperazine rings is 1. The summed E-state index contributed by atoms with van der Waals surface area (Å²) >= 11 is 0. The number of nitrogens with zero attached hydrogens (tertiary/aromatic N) is 3. The first-order valence-corrected chi connectivity index (χ1v) is 8.85. The maximum Gasteiger partial charge on any atom is 0.289 e. The van der Waals surface area contributed by atoms with Crippen molar-refractivity contribution in [1.82, 2.24) is 20.1 Å². The summed E-state index contributed by atoms with van der Waals surface area (Å²) in [4.78, 5) is 44.6. The molecule has 2 aromatic rings. The monoisotopic (exact) mass is 370 g/mol. The Kier molecular flexibility index (Phi) is 5.54. The minimum Gasteiger partial charge on any atom is -0.459 e. The Labute approximate surface area is 157 Å². The lowest BCUT2D eigenvalue weighted by molar-refractivity contribution is 0.0515. The van der Waals surface area contributed by atoms with E-state index in [0.29, 0.717) is 31.9 Å². The summed E-state index contributed by atoms with van der Waals surface area (Å²) < 4.78 is 5.14. The molecule has 0 unspecified atom stereocenters. The molecule has 142 valence electrons. The second-order valence-corrected chi connectivity index (χ2v) is 6.60. The van der Waals surface area contributed by atoms with Crippen molar-refractivity contribution >= 4 is 17.7 Å². The summed E-state index contributed by atoms with van der Waals surface area (Å²) in [6.07, 6.45) is 1.46. The molecule has 8 heteroatoms. The molecule has 3 heterocycles. The fourth-order valence-corrected chi connectivity index (χ4v) is 2.85. The molecule has 8 nitrogen and oxygen atoms in total. The number of furan rings is 1. The van der Waals surface area contributed by atoms with Crippen molar-refractivity contribution in [2.75, 3.05) is 26.2 Å². The number of amides is 3. The van der Waals surface area contributed by atoms with Gasteiger partial charge in [0.15, 0.2) is 5.76 Å². The van der Waals surface area contributed by atoms with E-state index in [9.17, 15) is 14.4 Å². The van der Waals surface area contributed by atoms with E-state index >= 15 is 0 Å². The summed E-state index contributed by atoms with van der Waals surface area (Å²) in [6, 6.07) is 8.09. The smallest absolute Gasteiger partial charge is 0.289 e. The third-order valence-electron chi connectivity index (χ3n) is 4.21. The van der Waals surface area contributed by atoms with Gasteiger partial charge in [0.2, 0.25) is 0 Å². The van der Waals surface area contributed by atoms with Crippen molar-refractivity contribution in [3.8, 4) is 0 Å². The summed E-state index contributed by atoms with van der Waals surface area (Å²) in [5, 5.41) is 2.76. The Hall–Kier alpha value is -3.16. The highest BCUT2D eigenvalue weighted by molar-refractivity contribution is 5.96. The summed E-state index contributed by atoms with van der Waals surface area (Å²) in [6.45, 7) is 5.34. The Morgan fingerprint density at radius 1 is 0.963 bits per heavy atom. The van der Waals surface area contributed by atoms with Crippen LogP contribution in [0.1, 0.15) is 45.4 Å². The molecule has 3 rings (SSSR count). The minimum absolute atomic E-state index is 0.0153. The van der Waals surface area contributed by atoms with E-state index in [1.807, 2.05) is 13.8 Å². The van der Waals surface area contributed by atoms with Crippen molar-refractivity contribution in [2.24, 2.45) is 0 Å². The van der Waals surface area contributed by atoms with E-state index < -0.39 is 0 Å². The van der Waals surface area contributed by atoms with Gasteiger partial charge in [-0.25, -0.2) is 4.98 Å². The van der Waals surface area contributed by atoms with Crippen LogP contribution in [-0.2, 0) is 0 Å². The number of aromatic nitrogens is 1. The lowest BCUT2D eigenvalue weighted by Crippen LogP contribution is -2.50. The van der Waals surface area contributed by atoms with Crippen molar-refractivity contribution in [1.29, 1.82) is 0 Å². The first kappa shape index (κ1) is 18.6. The number of rotatable bonds is 4. The van der Waals surface area contributed by atoms with Gasteiger partial charge in [-0.15, -0.1) is 0 Å². The Bertz CT molecular complexity index is 824. The number of carbonyl (C=O) groups excluding carboxylic acids is 3. The number of hydrogen-bond donors (Lipinski definition) is 1. The van der Waals surface area contributed by atoms with Crippen LogP contribution in [0.25, 0.3) is 0 Å². The highest BCUT2D eigenvalue weighted by atomic mass is 16.3. The Morgan fingerprint density at radius 3 is 2.19 bits per heavy atom. The first-order valence-electron chi connectivity index (χ1n) is 8.85. The molecule has 0 saturated carbocycles. The topological polar surface area (TPSA) is 95.8 Å². The molecule has 1 aliphatic heterocycles. The van der Waals surface area contributed by atoms with Gasteiger partial charge in [0.25, 0.3) is 17.7 Å². The van der Waals surface area contributed by atoms with Crippen LogP contribution in [0.4, 0.5) is 0 Å². The van der Waals surface area contributed by atoms with Crippen LogP contribution in [0.15, 0.2) is 41.0 Å². The molecule has 2 aromatic heterocycles. The zero-order chi connectivity index (χ0) is 19.4.